The van der Waals surface area contributed by atoms with Crippen molar-refractivity contribution in [2.45, 2.75) is 103 Å². The van der Waals surface area contributed by atoms with E-state index in [2.05, 4.69) is 191 Å². The lowest BCUT2D eigenvalue weighted by atomic mass is 9.92. The highest BCUT2D eigenvalue weighted by Gasteiger charge is 2.42. The van der Waals surface area contributed by atoms with Crippen molar-refractivity contribution in [3.63, 3.8) is 0 Å². The zero-order valence-corrected chi connectivity index (χ0v) is 89.3. The molecule has 145 heavy (non-hydrogen) atoms. The number of amides is 5. The Kier molecular flexibility index (Phi) is 32.2. The molecule has 0 radical (unpaired) electrons. The van der Waals surface area contributed by atoms with Crippen molar-refractivity contribution in [2.75, 3.05) is 157 Å². The van der Waals surface area contributed by atoms with Crippen LogP contribution in [-0.2, 0) is 52.9 Å². The van der Waals surface area contributed by atoms with Gasteiger partial charge in [-0.05, 0) is 251 Å². The number of likely N-dealkylation sites (N-methyl/N-ethyl adjacent to an activating group) is 2. The molecule has 7 aromatic heterocycles. The molecule has 35 heteroatoms. The second-order valence-electron chi connectivity index (χ2n) is 38.2. The van der Waals surface area contributed by atoms with Gasteiger partial charge in [0, 0.05) is 273 Å². The van der Waals surface area contributed by atoms with Crippen LogP contribution < -0.4 is 19.9 Å². The summed E-state index contributed by atoms with van der Waals surface area (Å²) in [5.74, 6) is 2.29. The lowest BCUT2D eigenvalue weighted by Crippen LogP contribution is -2.47. The molecule has 756 valence electrons. The molecule has 8 aromatic carbocycles. The van der Waals surface area contributed by atoms with Crippen molar-refractivity contribution in [2.24, 2.45) is 5.92 Å². The first-order chi connectivity index (χ1) is 70.0. The molecule has 0 aliphatic carbocycles. The van der Waals surface area contributed by atoms with Gasteiger partial charge >= 0.3 is 24.4 Å². The van der Waals surface area contributed by atoms with Crippen LogP contribution in [0.15, 0.2) is 198 Å². The number of rotatable bonds is 14. The number of piperazine rings is 2. The van der Waals surface area contributed by atoms with Gasteiger partial charge in [-0.25, -0.2) is 39.1 Å². The van der Waals surface area contributed by atoms with Gasteiger partial charge in [0.05, 0.1) is 19.8 Å². The van der Waals surface area contributed by atoms with E-state index in [-0.39, 0.29) is 42.3 Å². The van der Waals surface area contributed by atoms with E-state index in [1.807, 2.05) is 141 Å². The van der Waals surface area contributed by atoms with Gasteiger partial charge in [0.25, 0.3) is 5.91 Å². The van der Waals surface area contributed by atoms with Crippen molar-refractivity contribution < 1.29 is 42.9 Å². The van der Waals surface area contributed by atoms with E-state index < -0.39 is 12.1 Å². The average Bonchev–Trinajstić information content (AvgIpc) is 1.61. The Bertz CT molecular complexity index is 7190. The topological polar surface area (TPSA) is 297 Å². The van der Waals surface area contributed by atoms with E-state index in [0.29, 0.717) is 103 Å². The first kappa shape index (κ1) is 103. The van der Waals surface area contributed by atoms with Crippen molar-refractivity contribution in [1.82, 2.24) is 89.4 Å². The molecule has 5 atom stereocenters. The Morgan fingerprint density at radius 1 is 0.393 bits per heavy atom. The zero-order chi connectivity index (χ0) is 102. The molecule has 6 N–H and O–H groups in total. The van der Waals surface area contributed by atoms with Gasteiger partial charge in [-0.2, -0.15) is 0 Å². The van der Waals surface area contributed by atoms with Crippen LogP contribution in [0.25, 0.3) is 54.5 Å². The highest BCUT2D eigenvalue weighted by Crippen LogP contribution is 2.46. The number of hydrogen-bond acceptors (Lipinski definition) is 19. The number of aromatic nitrogens is 9. The Morgan fingerprint density at radius 3 is 1.11 bits per heavy atom. The van der Waals surface area contributed by atoms with Crippen LogP contribution in [0.1, 0.15) is 159 Å². The summed E-state index contributed by atoms with van der Waals surface area (Å²) >= 11 is 31.7. The van der Waals surface area contributed by atoms with E-state index >= 15 is 0 Å². The van der Waals surface area contributed by atoms with Gasteiger partial charge < -0.3 is 73.7 Å². The summed E-state index contributed by atoms with van der Waals surface area (Å²) in [5.41, 5.74) is 22.5. The maximum atomic E-state index is 13.3. The summed E-state index contributed by atoms with van der Waals surface area (Å²) in [6, 6.07) is 52.5. The number of aromatic amines is 5. The van der Waals surface area contributed by atoms with Crippen molar-refractivity contribution >= 4 is 175 Å². The van der Waals surface area contributed by atoms with Crippen molar-refractivity contribution in [3.05, 3.63) is 307 Å². The van der Waals surface area contributed by atoms with Gasteiger partial charge in [-0.1, -0.05) is 129 Å². The summed E-state index contributed by atoms with van der Waals surface area (Å²) in [6.45, 7) is 23.0. The minimum atomic E-state index is -0.457. The van der Waals surface area contributed by atoms with E-state index in [1.54, 1.807) is 63.8 Å². The Balaban J connectivity index is 0.000000121. The predicted octanol–water partition coefficient (Wildman–Crippen LogP) is 22.1. The smallest absolute Gasteiger partial charge is 0.416 e. The number of carbonyl (C=O) groups excluding carboxylic acids is 5. The minimum absolute atomic E-state index is 0.0571. The summed E-state index contributed by atoms with van der Waals surface area (Å²) in [6.07, 6.45) is 9.70. The second-order valence-corrected chi connectivity index (χ2v) is 41.8. The van der Waals surface area contributed by atoms with Gasteiger partial charge in [0.1, 0.15) is 29.9 Å². The minimum Gasteiger partial charge on any atom is -0.450 e. The molecule has 5 unspecified atom stereocenters. The highest BCUT2D eigenvalue weighted by atomic mass is 79.9. The second kappa shape index (κ2) is 45.4. The van der Waals surface area contributed by atoms with Crippen LogP contribution in [-0.4, -0.2) is 262 Å². The first-order valence-corrected chi connectivity index (χ1v) is 52.5. The number of hydrogen-bond donors (Lipinski definition) is 6. The van der Waals surface area contributed by atoms with Crippen LogP contribution in [0.2, 0.25) is 20.1 Å². The predicted molar refractivity (Wildman–Crippen MR) is 581 cm³/mol. The lowest BCUT2D eigenvalue weighted by molar-refractivity contribution is 0.0663. The number of ether oxygens (including phenoxy) is 4. The third kappa shape index (κ3) is 22.5. The summed E-state index contributed by atoms with van der Waals surface area (Å²) in [5, 5.41) is 12.2. The molecule has 0 spiro atoms. The summed E-state index contributed by atoms with van der Waals surface area (Å²) in [7, 11) is 11.8. The Hall–Kier alpha value is -12.3. The largest absolute Gasteiger partial charge is 0.450 e. The Labute approximate surface area is 880 Å². The van der Waals surface area contributed by atoms with E-state index in [4.69, 9.17) is 65.4 Å². The van der Waals surface area contributed by atoms with Crippen molar-refractivity contribution in [3.8, 4) is 5.75 Å². The summed E-state index contributed by atoms with van der Waals surface area (Å²) < 4.78 is 23.9. The molecule has 2 fully saturated rings. The van der Waals surface area contributed by atoms with E-state index in [1.165, 1.54) is 55.2 Å². The first-order valence-electron chi connectivity index (χ1n) is 49.4. The number of nitrogens with one attached hydrogen (secondary N) is 6. The van der Waals surface area contributed by atoms with Gasteiger partial charge in [-0.3, -0.25) is 29.3 Å². The number of benzene rings is 8. The number of halogens is 6. The van der Waals surface area contributed by atoms with Crippen LogP contribution in [0.3, 0.4) is 0 Å². The number of carbonyl (C=O) groups is 5. The molecule has 5 amide bonds. The molecular weight excluding hydrogens is 2050 g/mol. The monoisotopic (exact) mass is 2160 g/mol. The SMILES string of the molecule is CC(C)C1NCCc2c1[nH]c1ccc(Cl)cc21.CCOC(=O)N1CCc2c([nH]c3ccc(Br)cc23)C1c1ccc(C(=O)N2CCN(C)CC2)cc1.CCOC(=O)N1CCc2c([nH]c3ccc(Br)cc23)C1c1ccc(CN2CCN(C)CC2)cc1.CCOC(=O)N1CCc2c([nH]c3ccc(Cl)cc23)C1c1cnc(N(C)C)nc1.CN(C)c1ncc(C2c3[nH]c4ccc(Cl)cc4c3CCN2C(=O)Oc2ccc(Cl)cc2)cn1. The zero-order valence-electron chi connectivity index (χ0n) is 83.1. The number of fused-ring (bicyclic) bond motifs is 15. The molecule has 22 rings (SSSR count). The maximum absolute atomic E-state index is 13.3. The van der Waals surface area contributed by atoms with Crippen LogP contribution in [0, 0.1) is 5.92 Å². The van der Waals surface area contributed by atoms with Crippen molar-refractivity contribution in [1.29, 1.82) is 0 Å². The molecule has 29 nitrogen and oxygen atoms in total. The fourth-order valence-corrected chi connectivity index (χ4v) is 22.1. The van der Waals surface area contributed by atoms with Gasteiger partial charge in [-0.15, -0.1) is 0 Å². The van der Waals surface area contributed by atoms with Gasteiger partial charge in [0.15, 0.2) is 0 Å². The highest BCUT2D eigenvalue weighted by molar-refractivity contribution is 9.10. The number of anilines is 2. The molecule has 7 aliphatic heterocycles. The van der Waals surface area contributed by atoms with Gasteiger partial charge in [0.2, 0.25) is 11.9 Å². The number of H-pyrrole nitrogens is 5. The molecular formula is C110H120Br2Cl4N20O9. The molecule has 14 heterocycles. The third-order valence-corrected chi connectivity index (χ3v) is 30.0. The fourth-order valence-electron chi connectivity index (χ4n) is 20.8. The van der Waals surface area contributed by atoms with Crippen LogP contribution >= 0.6 is 78.3 Å². The number of nitrogens with zero attached hydrogens (tertiary/aromatic N) is 14. The lowest BCUT2D eigenvalue weighted by Gasteiger charge is -2.35. The van der Waals surface area contributed by atoms with Crippen LogP contribution in [0.5, 0.6) is 5.75 Å². The van der Waals surface area contributed by atoms with E-state index in [9.17, 15) is 24.0 Å². The van der Waals surface area contributed by atoms with E-state index in [0.717, 1.165) is 189 Å². The molecule has 15 aromatic rings. The Morgan fingerprint density at radius 2 is 0.731 bits per heavy atom. The third-order valence-electron chi connectivity index (χ3n) is 28.0. The molecule has 7 aliphatic rings. The average molecular weight is 2170 g/mol. The van der Waals surface area contributed by atoms with Crippen LogP contribution in [0.4, 0.5) is 31.1 Å². The molecule has 2 saturated heterocycles. The fraction of sp³-hybridized carbons (Fsp3) is 0.355. The summed E-state index contributed by atoms with van der Waals surface area (Å²) in [4.78, 5) is 120. The normalized spacial score (nSPS) is 17.8. The molecule has 0 saturated carbocycles. The standard InChI is InChI=1S/C26H29BrN4O3.C26H31BrN4O2.C24H21Cl2N5O2.C20H22ClN5O2.C14H17ClN2/c1-3-34-26(33)31-11-10-20-21-16-19(27)8-9-22(21)28-23(20)24(31)17-4-6-18(7-5-17)25(32)30-14-12-29(2)13-15-30;1-3-33-26(32)31-11-10-21-22-16-20(27)8-9-23(22)28-24(21)25(31)19-6-4-18(5-7-19)17-30-14-12-29(2)13-15-30;1-30(2)23-27-12-14(13-28-23)22-21-18(19-11-16(26)5-8-20(19)29-21)9-10-31(22)24(32)33-17-6-3-15(25)4-7-17;1-4-28-20(27)26-8-7-14-15-9-13(21)5-6-16(15)24-17(14)18(26)12-10-22-19(23-11-12)25(2)3;1-8(2)13-14-10(5-6-16-13)11-7-9(15)3-4-12(11)17-14/h4-9,16,24,28H,3,10-15H2,1-2H3;4-9,16,25,28H,3,10-15,17H2,1-2H3;3-8,11-13,22,29H,9-10H2,1-2H3;5-6,9-11,18,24H,4,7-8H2,1-3H3;3-4,7-8,13,16-17H,5-6H2,1-2H3. The quantitative estimate of drug-likeness (QED) is 0.0551. The molecule has 0 bridgehead atoms. The maximum Gasteiger partial charge on any atom is 0.416 e.